The fourth-order valence-electron chi connectivity index (χ4n) is 5.79. The van der Waals surface area contributed by atoms with E-state index in [2.05, 4.69) is 36.1 Å². The first-order valence-electron chi connectivity index (χ1n) is 13.3. The van der Waals surface area contributed by atoms with Gasteiger partial charge in [0.15, 0.2) is 0 Å². The molecule has 7 heteroatoms. The minimum absolute atomic E-state index is 0.0281. The van der Waals surface area contributed by atoms with Gasteiger partial charge in [0.05, 0.1) is 4.91 Å². The zero-order valence-corrected chi connectivity index (χ0v) is 22.2. The highest BCUT2D eigenvalue weighted by Crippen LogP contribution is 2.42. The minimum Gasteiger partial charge on any atom is -0.369 e. The van der Waals surface area contributed by atoms with Crippen molar-refractivity contribution in [2.24, 2.45) is 11.7 Å². The molecule has 3 amide bonds. The predicted molar refractivity (Wildman–Crippen MR) is 148 cm³/mol. The molecule has 0 radical (unpaired) electrons. The maximum absolute atomic E-state index is 13.7. The average molecular weight is 518 g/mol. The predicted octanol–water partition coefficient (Wildman–Crippen LogP) is 4.76. The van der Waals surface area contributed by atoms with Crippen LogP contribution in [0, 0.1) is 12.8 Å². The summed E-state index contributed by atoms with van der Waals surface area (Å²) < 4.78 is 0. The van der Waals surface area contributed by atoms with Crippen molar-refractivity contribution in [1.82, 2.24) is 9.80 Å². The summed E-state index contributed by atoms with van der Waals surface area (Å²) in [5.41, 5.74) is 9.34. The number of nitrogens with two attached hydrogens (primary N) is 1. The lowest BCUT2D eigenvalue weighted by atomic mass is 9.92. The van der Waals surface area contributed by atoms with E-state index in [4.69, 9.17) is 5.73 Å². The molecule has 37 heavy (non-hydrogen) atoms. The lowest BCUT2D eigenvalue weighted by Crippen LogP contribution is -2.50. The summed E-state index contributed by atoms with van der Waals surface area (Å²) in [7, 11) is 0. The highest BCUT2D eigenvalue weighted by atomic mass is 32.2. The van der Waals surface area contributed by atoms with E-state index in [-0.39, 0.29) is 29.7 Å². The number of thioether (sulfide) groups is 1. The van der Waals surface area contributed by atoms with Crippen molar-refractivity contribution in [2.45, 2.75) is 63.3 Å². The second kappa shape index (κ2) is 11.1. The van der Waals surface area contributed by atoms with Gasteiger partial charge in [-0.05, 0) is 61.9 Å². The Kier molecular flexibility index (Phi) is 7.70. The zero-order chi connectivity index (χ0) is 25.9. The van der Waals surface area contributed by atoms with Crippen LogP contribution in [0.4, 0.5) is 0 Å². The highest BCUT2D eigenvalue weighted by Gasteiger charge is 2.40. The van der Waals surface area contributed by atoms with Crippen LogP contribution < -0.4 is 5.73 Å². The summed E-state index contributed by atoms with van der Waals surface area (Å²) in [6.07, 6.45) is 7.79. The molecular formula is C30H35N3O3S. The molecule has 2 aromatic rings. The fourth-order valence-corrected chi connectivity index (χ4v) is 7.26. The standard InChI is InChI=1S/C30H35N3O3S/c1-20-5-4-6-22(17-20)19-33-25-7-2-3-8-26(25)37-27(30(33)36)18-21-9-11-24(12-10-21)29(35)32-15-13-23(14-16-32)28(31)34/h4-6,9-12,17-18,23,25-26H,2-3,7-8,13-16,19H2,1H3,(H2,31,34)/b27-18+. The number of nitrogens with zero attached hydrogens (tertiary/aromatic N) is 2. The van der Waals surface area contributed by atoms with Crippen LogP contribution in [0.1, 0.15) is 65.6 Å². The van der Waals surface area contributed by atoms with Crippen LogP contribution in [0.2, 0.25) is 0 Å². The molecule has 1 saturated carbocycles. The van der Waals surface area contributed by atoms with E-state index in [0.717, 1.165) is 23.3 Å². The number of carbonyl (C=O) groups is 3. The summed E-state index contributed by atoms with van der Waals surface area (Å²) in [5, 5.41) is 0.423. The van der Waals surface area contributed by atoms with E-state index in [1.807, 2.05) is 30.3 Å². The van der Waals surface area contributed by atoms with Gasteiger partial charge in [-0.15, -0.1) is 11.8 Å². The summed E-state index contributed by atoms with van der Waals surface area (Å²) in [5.74, 6) is -0.346. The zero-order valence-electron chi connectivity index (χ0n) is 21.4. The molecule has 2 heterocycles. The summed E-state index contributed by atoms with van der Waals surface area (Å²) in [6.45, 7) is 3.81. The first kappa shape index (κ1) is 25.6. The van der Waals surface area contributed by atoms with Gasteiger partial charge in [-0.3, -0.25) is 14.4 Å². The number of aryl methyl sites for hydroxylation is 1. The number of piperidine rings is 1. The van der Waals surface area contributed by atoms with Crippen molar-refractivity contribution in [3.05, 3.63) is 75.7 Å². The Labute approximate surface area is 223 Å². The number of likely N-dealkylation sites (tertiary alicyclic amines) is 1. The van der Waals surface area contributed by atoms with Crippen LogP contribution in [0.15, 0.2) is 53.4 Å². The van der Waals surface area contributed by atoms with Crippen LogP contribution in [-0.4, -0.2) is 51.9 Å². The largest absolute Gasteiger partial charge is 0.369 e. The Morgan fingerprint density at radius 2 is 1.76 bits per heavy atom. The normalized spacial score (nSPS) is 23.7. The van der Waals surface area contributed by atoms with Gasteiger partial charge in [0.1, 0.15) is 0 Å². The Balaban J connectivity index is 1.31. The van der Waals surface area contributed by atoms with Gasteiger partial charge in [-0.1, -0.05) is 54.8 Å². The molecule has 2 N–H and O–H groups in total. The Morgan fingerprint density at radius 1 is 1.03 bits per heavy atom. The van der Waals surface area contributed by atoms with Crippen LogP contribution in [-0.2, 0) is 16.1 Å². The molecule has 3 fully saturated rings. The molecule has 0 bridgehead atoms. The Morgan fingerprint density at radius 3 is 2.46 bits per heavy atom. The molecule has 2 aliphatic heterocycles. The second-order valence-corrected chi connectivity index (χ2v) is 11.8. The van der Waals surface area contributed by atoms with Crippen molar-refractivity contribution < 1.29 is 14.4 Å². The highest BCUT2D eigenvalue weighted by molar-refractivity contribution is 8.04. The van der Waals surface area contributed by atoms with Gasteiger partial charge in [0.25, 0.3) is 11.8 Å². The van der Waals surface area contributed by atoms with Crippen molar-refractivity contribution >= 4 is 35.6 Å². The molecule has 0 spiro atoms. The number of hydrogen-bond acceptors (Lipinski definition) is 4. The van der Waals surface area contributed by atoms with E-state index in [1.54, 1.807) is 16.7 Å². The number of hydrogen-bond donors (Lipinski definition) is 1. The molecule has 2 atom stereocenters. The molecule has 2 unspecified atom stereocenters. The second-order valence-electron chi connectivity index (χ2n) is 10.5. The Bertz CT molecular complexity index is 1200. The Hall–Kier alpha value is -3.06. The maximum Gasteiger partial charge on any atom is 0.260 e. The molecule has 194 valence electrons. The maximum atomic E-state index is 13.7. The van der Waals surface area contributed by atoms with Gasteiger partial charge in [0.2, 0.25) is 5.91 Å². The van der Waals surface area contributed by atoms with Gasteiger partial charge >= 0.3 is 0 Å². The van der Waals surface area contributed by atoms with Crippen molar-refractivity contribution in [3.8, 4) is 0 Å². The topological polar surface area (TPSA) is 83.7 Å². The van der Waals surface area contributed by atoms with Crippen molar-refractivity contribution in [1.29, 1.82) is 0 Å². The summed E-state index contributed by atoms with van der Waals surface area (Å²) in [4.78, 5) is 42.7. The quantitative estimate of drug-likeness (QED) is 0.580. The number of amides is 3. The van der Waals surface area contributed by atoms with Crippen LogP contribution >= 0.6 is 11.8 Å². The van der Waals surface area contributed by atoms with Crippen LogP contribution in [0.5, 0.6) is 0 Å². The number of carbonyl (C=O) groups excluding carboxylic acids is 3. The number of fused-ring (bicyclic) bond motifs is 1. The number of rotatable bonds is 5. The molecule has 5 rings (SSSR count). The third kappa shape index (κ3) is 5.77. The van der Waals surface area contributed by atoms with Gasteiger partial charge in [-0.25, -0.2) is 0 Å². The number of primary amides is 1. The van der Waals surface area contributed by atoms with Gasteiger partial charge in [0, 0.05) is 42.4 Å². The third-order valence-electron chi connectivity index (χ3n) is 7.89. The van der Waals surface area contributed by atoms with Crippen LogP contribution in [0.25, 0.3) is 6.08 Å². The summed E-state index contributed by atoms with van der Waals surface area (Å²) >= 11 is 1.73. The lowest BCUT2D eigenvalue weighted by Gasteiger charge is -2.44. The van der Waals surface area contributed by atoms with E-state index >= 15 is 0 Å². The molecule has 1 aliphatic carbocycles. The fraction of sp³-hybridized carbons (Fsp3) is 0.433. The van der Waals surface area contributed by atoms with Gasteiger partial charge < -0.3 is 15.5 Å². The van der Waals surface area contributed by atoms with E-state index in [0.29, 0.717) is 43.3 Å². The lowest BCUT2D eigenvalue weighted by molar-refractivity contribution is -0.130. The SMILES string of the molecule is Cc1cccc(CN2C(=O)/C(=C\c3ccc(C(=O)N4CCC(C(N)=O)CC4)cc3)SC3CCCCC32)c1. The van der Waals surface area contributed by atoms with E-state index in [9.17, 15) is 14.4 Å². The first-order valence-corrected chi connectivity index (χ1v) is 14.2. The molecule has 3 aliphatic rings. The minimum atomic E-state index is -0.281. The van der Waals surface area contributed by atoms with E-state index < -0.39 is 0 Å². The molecule has 6 nitrogen and oxygen atoms in total. The summed E-state index contributed by atoms with van der Waals surface area (Å²) in [6, 6.07) is 16.2. The van der Waals surface area contributed by atoms with E-state index in [1.165, 1.54) is 24.0 Å². The molecule has 0 aromatic heterocycles. The molecular weight excluding hydrogens is 482 g/mol. The first-order chi connectivity index (χ1) is 17.9. The monoisotopic (exact) mass is 517 g/mol. The molecule has 2 aromatic carbocycles. The van der Waals surface area contributed by atoms with Crippen molar-refractivity contribution in [3.63, 3.8) is 0 Å². The average Bonchev–Trinajstić information content (AvgIpc) is 2.91. The smallest absolute Gasteiger partial charge is 0.260 e. The molecule has 2 saturated heterocycles. The van der Waals surface area contributed by atoms with Crippen LogP contribution in [0.3, 0.4) is 0 Å². The van der Waals surface area contributed by atoms with Gasteiger partial charge in [-0.2, -0.15) is 0 Å². The third-order valence-corrected chi connectivity index (χ3v) is 9.29. The van der Waals surface area contributed by atoms with Crippen molar-refractivity contribution in [2.75, 3.05) is 13.1 Å². The number of benzene rings is 2.